The minimum Gasteiger partial charge on any atom is -0.506 e. The van der Waals surface area contributed by atoms with Gasteiger partial charge < -0.3 is 9.84 Å². The van der Waals surface area contributed by atoms with Gasteiger partial charge in [0.25, 0.3) is 0 Å². The van der Waals surface area contributed by atoms with E-state index >= 15 is 0 Å². The largest absolute Gasteiger partial charge is 0.506 e. The normalized spacial score (nSPS) is 12.8. The Morgan fingerprint density at radius 2 is 1.71 bits per heavy atom. The number of nitro groups is 1. The molecule has 1 unspecified atom stereocenters. The Morgan fingerprint density at radius 1 is 1.09 bits per heavy atom. The molecule has 0 spiro atoms. The molecule has 0 saturated carbocycles. The highest BCUT2D eigenvalue weighted by molar-refractivity contribution is 6.31. The van der Waals surface area contributed by atoms with Gasteiger partial charge in [0.05, 0.1) is 0 Å². The van der Waals surface area contributed by atoms with Crippen LogP contribution in [0.1, 0.15) is 78.9 Å². The number of rotatable bonds is 10. The highest BCUT2D eigenvalue weighted by Gasteiger charge is 2.37. The van der Waals surface area contributed by atoms with Gasteiger partial charge in [-0.3, -0.25) is 4.79 Å². The lowest BCUT2D eigenvalue weighted by Crippen LogP contribution is -2.45. The fraction of sp³-hybridized carbons (Fsp3) is 0.500. The van der Waals surface area contributed by atoms with Crippen LogP contribution in [0.25, 0.3) is 0 Å². The van der Waals surface area contributed by atoms with Crippen LogP contribution >= 0.6 is 11.6 Å². The third-order valence-electron chi connectivity index (χ3n) is 6.71. The van der Waals surface area contributed by atoms with Gasteiger partial charge in [-0.2, -0.15) is 0 Å². The van der Waals surface area contributed by atoms with Crippen molar-refractivity contribution in [2.24, 2.45) is 0 Å². The number of ether oxygens (including phenoxy) is 1. The molecule has 0 saturated heterocycles. The molecule has 0 fully saturated rings. The van der Waals surface area contributed by atoms with Gasteiger partial charge in [-0.15, -0.1) is 0 Å². The summed E-state index contributed by atoms with van der Waals surface area (Å²) in [5.41, 5.74) is 1.51. The number of nitrogens with zero attached hydrogens (tertiary/aromatic N) is 2. The van der Waals surface area contributed by atoms with Crippen molar-refractivity contribution in [2.45, 2.75) is 84.7 Å². The maximum Gasteiger partial charge on any atom is 0.329 e. The molecule has 2 rings (SSSR count). The Labute approximate surface area is 206 Å². The summed E-state index contributed by atoms with van der Waals surface area (Å²) in [6.07, 6.45) is 0.844. The molecule has 1 atom stereocenters. The van der Waals surface area contributed by atoms with Gasteiger partial charge in [0, 0.05) is 10.6 Å². The van der Waals surface area contributed by atoms with Gasteiger partial charge in [0.15, 0.2) is 16.8 Å². The number of phenolic OH excluding ortho intramolecular Hbond substituents is 1. The number of amides is 1. The molecule has 0 aliphatic heterocycles. The fourth-order valence-corrected chi connectivity index (χ4v) is 3.69. The SMILES string of the molecule is CCC(Oc1ccc(C(C)(C)CC)cc1C(C)(C)CC)C(=O)N(c1cc(Cl)ccc1O)[N+](=O)[O-]. The molecule has 0 aliphatic carbocycles. The predicted molar refractivity (Wildman–Crippen MR) is 135 cm³/mol. The van der Waals surface area contributed by atoms with E-state index in [2.05, 4.69) is 47.6 Å². The molecule has 1 N–H and O–H groups in total. The monoisotopic (exact) mass is 490 g/mol. The molecule has 0 bridgehead atoms. The number of phenols is 1. The van der Waals surface area contributed by atoms with E-state index in [1.165, 1.54) is 18.2 Å². The van der Waals surface area contributed by atoms with Crippen LogP contribution in [-0.2, 0) is 15.6 Å². The Morgan fingerprint density at radius 3 is 2.24 bits per heavy atom. The summed E-state index contributed by atoms with van der Waals surface area (Å²) in [5.74, 6) is -0.812. The summed E-state index contributed by atoms with van der Waals surface area (Å²) < 4.78 is 6.16. The number of carbonyl (C=O) groups is 1. The average Bonchev–Trinajstić information content (AvgIpc) is 2.79. The quantitative estimate of drug-likeness (QED) is 0.292. The van der Waals surface area contributed by atoms with Crippen LogP contribution in [0.3, 0.4) is 0 Å². The standard InChI is InChI=1S/C26H35ClN2O5/c1-8-22(24(31)28(29(32)33)20-16-18(27)12-13-21(20)30)34-23-14-11-17(25(4,5)9-2)15-19(23)26(6,7)10-3/h11-16,22,30H,8-10H2,1-7H3. The van der Waals surface area contributed by atoms with Gasteiger partial charge >= 0.3 is 5.91 Å². The molecular formula is C26H35ClN2O5. The van der Waals surface area contributed by atoms with Gasteiger partial charge in [-0.25, -0.2) is 10.1 Å². The molecule has 1 amide bonds. The third-order valence-corrected chi connectivity index (χ3v) is 6.95. The highest BCUT2D eigenvalue weighted by atomic mass is 35.5. The Kier molecular flexibility index (Phi) is 8.59. The molecule has 7 nitrogen and oxygen atoms in total. The second-order valence-electron chi connectivity index (χ2n) is 9.72. The molecule has 0 heterocycles. The predicted octanol–water partition coefficient (Wildman–Crippen LogP) is 6.80. The number of benzene rings is 2. The number of carbonyl (C=O) groups excluding carboxylic acids is 1. The molecule has 0 radical (unpaired) electrons. The van der Waals surface area contributed by atoms with Crippen molar-refractivity contribution in [1.29, 1.82) is 0 Å². The summed E-state index contributed by atoms with van der Waals surface area (Å²) in [5, 5.41) is 21.6. The van der Waals surface area contributed by atoms with E-state index in [9.17, 15) is 20.0 Å². The molecule has 34 heavy (non-hydrogen) atoms. The number of hydrogen-bond acceptors (Lipinski definition) is 5. The topological polar surface area (TPSA) is 92.9 Å². The van der Waals surface area contributed by atoms with E-state index in [1.54, 1.807) is 6.92 Å². The van der Waals surface area contributed by atoms with Crippen LogP contribution in [0.15, 0.2) is 36.4 Å². The summed E-state index contributed by atoms with van der Waals surface area (Å²) in [7, 11) is 0. The van der Waals surface area contributed by atoms with Crippen molar-refractivity contribution < 1.29 is 19.7 Å². The zero-order valence-corrected chi connectivity index (χ0v) is 21.8. The first-order valence-corrected chi connectivity index (χ1v) is 11.9. The van der Waals surface area contributed by atoms with Gasteiger partial charge in [0.2, 0.25) is 0 Å². The van der Waals surface area contributed by atoms with Crippen LogP contribution in [0, 0.1) is 10.1 Å². The molecule has 0 aromatic heterocycles. The van der Waals surface area contributed by atoms with Crippen LogP contribution in [0.4, 0.5) is 5.69 Å². The second kappa shape index (κ2) is 10.6. The van der Waals surface area contributed by atoms with E-state index in [0.29, 0.717) is 10.8 Å². The molecular weight excluding hydrogens is 456 g/mol. The third kappa shape index (κ3) is 5.81. The molecule has 0 aliphatic rings. The van der Waals surface area contributed by atoms with Crippen molar-refractivity contribution in [3.8, 4) is 11.5 Å². The summed E-state index contributed by atoms with van der Waals surface area (Å²) in [4.78, 5) is 25.1. The van der Waals surface area contributed by atoms with Crippen molar-refractivity contribution in [1.82, 2.24) is 0 Å². The van der Waals surface area contributed by atoms with Gasteiger partial charge in [-0.05, 0) is 64.9 Å². The van der Waals surface area contributed by atoms with Crippen LogP contribution in [0.5, 0.6) is 11.5 Å². The summed E-state index contributed by atoms with van der Waals surface area (Å²) in [6.45, 7) is 14.5. The van der Waals surface area contributed by atoms with Crippen LogP contribution in [-0.4, -0.2) is 22.1 Å². The second-order valence-corrected chi connectivity index (χ2v) is 10.2. The van der Waals surface area contributed by atoms with Crippen molar-refractivity contribution in [3.05, 3.63) is 62.7 Å². The van der Waals surface area contributed by atoms with Crippen LogP contribution < -0.4 is 9.75 Å². The lowest BCUT2D eigenvalue weighted by molar-refractivity contribution is -0.484. The highest BCUT2D eigenvalue weighted by Crippen LogP contribution is 2.39. The lowest BCUT2D eigenvalue weighted by Gasteiger charge is -2.31. The number of halogens is 1. The number of aromatic hydroxyl groups is 1. The molecule has 2 aromatic carbocycles. The fourth-order valence-electron chi connectivity index (χ4n) is 3.53. The zero-order chi connectivity index (χ0) is 25.8. The number of anilines is 1. The first-order chi connectivity index (χ1) is 15.8. The zero-order valence-electron chi connectivity index (χ0n) is 21.0. The average molecular weight is 491 g/mol. The van der Waals surface area contributed by atoms with Crippen molar-refractivity contribution in [2.75, 3.05) is 5.01 Å². The number of hydrazine groups is 1. The minimum atomic E-state index is -1.14. The Balaban J connectivity index is 2.53. The Hall–Kier alpha value is -2.80. The van der Waals surface area contributed by atoms with Crippen LogP contribution in [0.2, 0.25) is 5.02 Å². The van der Waals surface area contributed by atoms with Gasteiger partial charge in [-0.1, -0.05) is 72.2 Å². The first-order valence-electron chi connectivity index (χ1n) is 11.6. The minimum absolute atomic E-state index is 0.0381. The van der Waals surface area contributed by atoms with E-state index in [-0.39, 0.29) is 28.0 Å². The van der Waals surface area contributed by atoms with E-state index in [4.69, 9.17) is 16.3 Å². The molecule has 8 heteroatoms. The lowest BCUT2D eigenvalue weighted by atomic mass is 9.76. The smallest absolute Gasteiger partial charge is 0.329 e. The maximum absolute atomic E-state index is 13.3. The van der Waals surface area contributed by atoms with Crippen molar-refractivity contribution >= 4 is 23.2 Å². The molecule has 2 aromatic rings. The van der Waals surface area contributed by atoms with Gasteiger partial charge in [0.1, 0.15) is 11.5 Å². The first kappa shape index (κ1) is 27.4. The van der Waals surface area contributed by atoms with E-state index in [1.807, 2.05) is 12.1 Å². The number of hydrogen-bond donors (Lipinski definition) is 1. The summed E-state index contributed by atoms with van der Waals surface area (Å²) >= 11 is 5.96. The van der Waals surface area contributed by atoms with E-state index < -0.39 is 22.8 Å². The Bertz CT molecular complexity index is 1050. The van der Waals surface area contributed by atoms with Crippen molar-refractivity contribution in [3.63, 3.8) is 0 Å². The molecule has 186 valence electrons. The maximum atomic E-state index is 13.3. The summed E-state index contributed by atoms with van der Waals surface area (Å²) in [6, 6.07) is 9.72. The van der Waals surface area contributed by atoms with E-state index in [0.717, 1.165) is 24.0 Å².